The molecule has 5 heteroatoms. The van der Waals surface area contributed by atoms with Crippen LogP contribution < -0.4 is 19.8 Å². The average molecular weight is 301 g/mol. The number of fused-ring (bicyclic) bond motifs is 3. The molecule has 0 bridgehead atoms. The van der Waals surface area contributed by atoms with Gasteiger partial charge in [-0.05, 0) is 32.4 Å². The first kappa shape index (κ1) is 14.5. The molecule has 116 valence electrons. The molecule has 0 fully saturated rings. The molecule has 22 heavy (non-hydrogen) atoms. The lowest BCUT2D eigenvalue weighted by atomic mass is 10.1. The van der Waals surface area contributed by atoms with Crippen molar-refractivity contribution in [1.82, 2.24) is 4.57 Å². The number of nitrogens with zero attached hydrogens (tertiary/aromatic N) is 1. The van der Waals surface area contributed by atoms with Crippen molar-refractivity contribution in [2.24, 2.45) is 7.05 Å². The van der Waals surface area contributed by atoms with Crippen LogP contribution in [0.15, 0.2) is 28.6 Å². The third-order valence-electron chi connectivity index (χ3n) is 3.85. The maximum absolute atomic E-state index is 12.7. The summed E-state index contributed by atoms with van der Waals surface area (Å²) in [5, 5.41) is 0.853. The summed E-state index contributed by atoms with van der Waals surface area (Å²) >= 11 is 0. The first-order valence-corrected chi connectivity index (χ1v) is 7.16. The SMILES string of the molecule is COc1c(CC=C(C)C)c(=O)n(C)c2c3c(ccc12)OCO3. The Bertz CT molecular complexity index is 829. The average Bonchev–Trinajstić information content (AvgIpc) is 2.97. The highest BCUT2D eigenvalue weighted by Crippen LogP contribution is 2.41. The van der Waals surface area contributed by atoms with Crippen molar-refractivity contribution >= 4 is 10.9 Å². The fourth-order valence-corrected chi connectivity index (χ4v) is 2.76. The molecular formula is C17H19NO4. The number of allylic oxidation sites excluding steroid dienone is 2. The molecule has 0 N–H and O–H groups in total. The minimum atomic E-state index is -0.0780. The zero-order valence-corrected chi connectivity index (χ0v) is 13.2. The number of rotatable bonds is 3. The summed E-state index contributed by atoms with van der Waals surface area (Å²) in [6, 6.07) is 3.76. The minimum Gasteiger partial charge on any atom is -0.496 e. The van der Waals surface area contributed by atoms with E-state index in [1.807, 2.05) is 32.1 Å². The minimum absolute atomic E-state index is 0.0780. The van der Waals surface area contributed by atoms with Gasteiger partial charge in [0.05, 0.1) is 12.7 Å². The topological polar surface area (TPSA) is 49.7 Å². The van der Waals surface area contributed by atoms with Gasteiger partial charge in [0.1, 0.15) is 11.3 Å². The molecule has 0 saturated carbocycles. The first-order valence-electron chi connectivity index (χ1n) is 7.16. The van der Waals surface area contributed by atoms with Gasteiger partial charge in [-0.3, -0.25) is 4.79 Å². The Morgan fingerprint density at radius 3 is 2.82 bits per heavy atom. The van der Waals surface area contributed by atoms with Crippen LogP contribution in [0.5, 0.6) is 17.2 Å². The van der Waals surface area contributed by atoms with E-state index < -0.39 is 0 Å². The van der Waals surface area contributed by atoms with Crippen molar-refractivity contribution in [3.8, 4) is 17.2 Å². The largest absolute Gasteiger partial charge is 0.496 e. The van der Waals surface area contributed by atoms with Crippen molar-refractivity contribution in [3.05, 3.63) is 39.7 Å². The van der Waals surface area contributed by atoms with E-state index in [-0.39, 0.29) is 12.4 Å². The molecule has 0 spiro atoms. The summed E-state index contributed by atoms with van der Waals surface area (Å²) in [6.45, 7) is 4.19. The van der Waals surface area contributed by atoms with E-state index in [9.17, 15) is 4.79 Å². The molecule has 0 aliphatic carbocycles. The third-order valence-corrected chi connectivity index (χ3v) is 3.85. The standard InChI is InChI=1S/C17H19NO4/c1-10(2)5-6-12-15(20-4)11-7-8-13-16(22-9-21-13)14(11)18(3)17(12)19/h5,7-8H,6,9H2,1-4H3. The van der Waals surface area contributed by atoms with Crippen molar-refractivity contribution < 1.29 is 14.2 Å². The van der Waals surface area contributed by atoms with Crippen LogP contribution in [0.1, 0.15) is 19.4 Å². The molecule has 5 nitrogen and oxygen atoms in total. The van der Waals surface area contributed by atoms with Crippen LogP contribution >= 0.6 is 0 Å². The molecule has 2 aromatic rings. The lowest BCUT2D eigenvalue weighted by molar-refractivity contribution is 0.174. The fraction of sp³-hybridized carbons (Fsp3) is 0.353. The van der Waals surface area contributed by atoms with E-state index in [1.165, 1.54) is 0 Å². The second-order valence-corrected chi connectivity index (χ2v) is 5.56. The van der Waals surface area contributed by atoms with Gasteiger partial charge in [-0.2, -0.15) is 0 Å². The van der Waals surface area contributed by atoms with E-state index in [1.54, 1.807) is 18.7 Å². The van der Waals surface area contributed by atoms with Gasteiger partial charge in [-0.25, -0.2) is 0 Å². The van der Waals surface area contributed by atoms with Gasteiger partial charge in [0.25, 0.3) is 5.56 Å². The number of aromatic nitrogens is 1. The number of methoxy groups -OCH3 is 1. The van der Waals surface area contributed by atoms with Crippen molar-refractivity contribution in [2.45, 2.75) is 20.3 Å². The molecular weight excluding hydrogens is 282 g/mol. The summed E-state index contributed by atoms with van der Waals surface area (Å²) in [4.78, 5) is 12.7. The maximum atomic E-state index is 12.7. The number of pyridine rings is 1. The molecule has 0 saturated heterocycles. The Hall–Kier alpha value is -2.43. The normalized spacial score (nSPS) is 12.5. The van der Waals surface area contributed by atoms with E-state index in [2.05, 4.69) is 0 Å². The van der Waals surface area contributed by atoms with Gasteiger partial charge < -0.3 is 18.8 Å². The van der Waals surface area contributed by atoms with Gasteiger partial charge in [0.15, 0.2) is 11.5 Å². The summed E-state index contributed by atoms with van der Waals surface area (Å²) in [6.07, 6.45) is 2.57. The van der Waals surface area contributed by atoms with Crippen LogP contribution in [-0.2, 0) is 13.5 Å². The first-order chi connectivity index (χ1) is 10.5. The monoisotopic (exact) mass is 301 g/mol. The van der Waals surface area contributed by atoms with E-state index in [0.717, 1.165) is 11.0 Å². The lowest BCUT2D eigenvalue weighted by Crippen LogP contribution is -2.22. The third kappa shape index (κ3) is 2.13. The smallest absolute Gasteiger partial charge is 0.258 e. The number of hydrogen-bond acceptors (Lipinski definition) is 4. The van der Waals surface area contributed by atoms with Crippen LogP contribution in [0.3, 0.4) is 0 Å². The molecule has 1 aromatic carbocycles. The Morgan fingerprint density at radius 2 is 2.14 bits per heavy atom. The van der Waals surface area contributed by atoms with Gasteiger partial charge >= 0.3 is 0 Å². The van der Waals surface area contributed by atoms with Crippen molar-refractivity contribution in [1.29, 1.82) is 0 Å². The summed E-state index contributed by atoms with van der Waals surface area (Å²) < 4.78 is 18.1. The molecule has 1 aliphatic heterocycles. The van der Waals surface area contributed by atoms with Gasteiger partial charge in [-0.15, -0.1) is 0 Å². The van der Waals surface area contributed by atoms with Crippen LogP contribution in [0, 0.1) is 0 Å². The van der Waals surface area contributed by atoms with E-state index >= 15 is 0 Å². The molecule has 0 amide bonds. The Labute approximate surface area is 128 Å². The van der Waals surface area contributed by atoms with Crippen LogP contribution in [0.2, 0.25) is 0 Å². The fourth-order valence-electron chi connectivity index (χ4n) is 2.76. The second kappa shape index (κ2) is 5.40. The highest BCUT2D eigenvalue weighted by atomic mass is 16.7. The molecule has 3 rings (SSSR count). The van der Waals surface area contributed by atoms with Gasteiger partial charge in [0.2, 0.25) is 6.79 Å². The van der Waals surface area contributed by atoms with Crippen LogP contribution in [0.25, 0.3) is 10.9 Å². The Balaban J connectivity index is 2.36. The van der Waals surface area contributed by atoms with Crippen LogP contribution in [0.4, 0.5) is 0 Å². The Morgan fingerprint density at radius 1 is 1.36 bits per heavy atom. The highest BCUT2D eigenvalue weighted by molar-refractivity contribution is 5.93. The zero-order chi connectivity index (χ0) is 15.9. The predicted octanol–water partition coefficient (Wildman–Crippen LogP) is 2.78. The molecule has 1 aliphatic rings. The van der Waals surface area contributed by atoms with E-state index in [4.69, 9.17) is 14.2 Å². The van der Waals surface area contributed by atoms with E-state index in [0.29, 0.717) is 34.7 Å². The number of ether oxygens (including phenoxy) is 3. The molecule has 2 heterocycles. The quantitative estimate of drug-likeness (QED) is 0.818. The van der Waals surface area contributed by atoms with Gasteiger partial charge in [0, 0.05) is 12.4 Å². The summed E-state index contributed by atoms with van der Waals surface area (Å²) in [5.74, 6) is 1.86. The van der Waals surface area contributed by atoms with Crippen LogP contribution in [-0.4, -0.2) is 18.5 Å². The number of aryl methyl sites for hydroxylation is 1. The molecule has 0 radical (unpaired) electrons. The summed E-state index contributed by atoms with van der Waals surface area (Å²) in [5.41, 5.74) is 2.44. The number of benzene rings is 1. The summed E-state index contributed by atoms with van der Waals surface area (Å²) in [7, 11) is 3.34. The maximum Gasteiger partial charge on any atom is 0.258 e. The highest BCUT2D eigenvalue weighted by Gasteiger charge is 2.23. The molecule has 0 unspecified atom stereocenters. The Kier molecular flexibility index (Phi) is 3.56. The zero-order valence-electron chi connectivity index (χ0n) is 13.2. The predicted molar refractivity (Wildman–Crippen MR) is 85.0 cm³/mol. The second-order valence-electron chi connectivity index (χ2n) is 5.56. The molecule has 0 atom stereocenters. The van der Waals surface area contributed by atoms with Crippen molar-refractivity contribution in [3.63, 3.8) is 0 Å². The van der Waals surface area contributed by atoms with Gasteiger partial charge in [-0.1, -0.05) is 11.6 Å². The van der Waals surface area contributed by atoms with Crippen molar-refractivity contribution in [2.75, 3.05) is 13.9 Å². The number of hydrogen-bond donors (Lipinski definition) is 0. The molecule has 1 aromatic heterocycles. The lowest BCUT2D eigenvalue weighted by Gasteiger charge is -2.15.